The molecule has 3 heterocycles. The van der Waals surface area contributed by atoms with Crippen LogP contribution in [-0.2, 0) is 4.74 Å². The lowest BCUT2D eigenvalue weighted by atomic mass is 9.95. The summed E-state index contributed by atoms with van der Waals surface area (Å²) in [6.45, 7) is 1.43. The van der Waals surface area contributed by atoms with Gasteiger partial charge >= 0.3 is 0 Å². The molecule has 3 rings (SSSR count). The van der Waals surface area contributed by atoms with Crippen LogP contribution in [0.5, 0.6) is 0 Å². The predicted octanol–water partition coefficient (Wildman–Crippen LogP) is -0.151. The molecule has 2 unspecified atom stereocenters. The second-order valence-electron chi connectivity index (χ2n) is 2.46. The maximum atomic E-state index is 8.98. The van der Waals surface area contributed by atoms with Gasteiger partial charge in [-0.3, -0.25) is 0 Å². The lowest BCUT2D eigenvalue weighted by molar-refractivity contribution is -0.278. The molecule has 8 heavy (non-hydrogen) atoms. The Labute approximate surface area is 47.8 Å². The molecule has 3 saturated heterocycles. The summed E-state index contributed by atoms with van der Waals surface area (Å²) < 4.78 is 5.10. The third kappa shape index (κ3) is 0.438. The van der Waals surface area contributed by atoms with Crippen molar-refractivity contribution in [2.24, 2.45) is 0 Å². The average molecular weight is 115 g/mol. The highest BCUT2D eigenvalue weighted by Gasteiger charge is 2.41. The summed E-state index contributed by atoms with van der Waals surface area (Å²) in [6.07, 6.45) is 1.12. The summed E-state index contributed by atoms with van der Waals surface area (Å²) in [6, 6.07) is 0.627. The zero-order valence-corrected chi connectivity index (χ0v) is 4.58. The Balaban J connectivity index is 2.03. The van der Waals surface area contributed by atoms with Crippen LogP contribution in [0.15, 0.2) is 0 Å². The molecule has 0 aromatic heterocycles. The van der Waals surface area contributed by atoms with Crippen molar-refractivity contribution in [2.75, 3.05) is 13.2 Å². The SMILES string of the molecule is ON1C2COCC1C2. The number of rotatable bonds is 0. The number of ether oxygens (including phenoxy) is 1. The van der Waals surface area contributed by atoms with E-state index in [-0.39, 0.29) is 0 Å². The topological polar surface area (TPSA) is 32.7 Å². The molecule has 3 nitrogen and oxygen atoms in total. The number of hydrogen-bond acceptors (Lipinski definition) is 3. The minimum Gasteiger partial charge on any atom is -0.378 e. The van der Waals surface area contributed by atoms with Gasteiger partial charge in [0.25, 0.3) is 0 Å². The molecule has 0 aromatic rings. The van der Waals surface area contributed by atoms with E-state index in [4.69, 9.17) is 9.94 Å². The second-order valence-corrected chi connectivity index (χ2v) is 2.46. The van der Waals surface area contributed by atoms with E-state index in [1.807, 2.05) is 0 Å². The molecule has 0 radical (unpaired) electrons. The third-order valence-electron chi connectivity index (χ3n) is 1.91. The lowest BCUT2D eigenvalue weighted by Gasteiger charge is -2.47. The average Bonchev–Trinajstić information content (AvgIpc) is 1.89. The summed E-state index contributed by atoms with van der Waals surface area (Å²) in [5, 5.41) is 10.4. The zero-order chi connectivity index (χ0) is 5.56. The van der Waals surface area contributed by atoms with Crippen molar-refractivity contribution in [2.45, 2.75) is 18.5 Å². The molecule has 0 saturated carbocycles. The molecule has 0 aliphatic carbocycles. The quantitative estimate of drug-likeness (QED) is 0.476. The van der Waals surface area contributed by atoms with E-state index in [0.29, 0.717) is 25.3 Å². The number of nitrogens with zero attached hydrogens (tertiary/aromatic N) is 1. The fourth-order valence-electron chi connectivity index (χ4n) is 1.32. The highest BCUT2D eigenvalue weighted by Crippen LogP contribution is 2.27. The minimum atomic E-state index is 0.314. The maximum absolute atomic E-state index is 8.98. The van der Waals surface area contributed by atoms with Gasteiger partial charge in [0.2, 0.25) is 0 Å². The summed E-state index contributed by atoms with van der Waals surface area (Å²) >= 11 is 0. The Morgan fingerprint density at radius 3 is 2.25 bits per heavy atom. The van der Waals surface area contributed by atoms with Gasteiger partial charge in [-0.25, -0.2) is 0 Å². The highest BCUT2D eigenvalue weighted by atomic mass is 16.5. The van der Waals surface area contributed by atoms with Crippen LogP contribution in [0.25, 0.3) is 0 Å². The van der Waals surface area contributed by atoms with Crippen molar-refractivity contribution in [3.63, 3.8) is 0 Å². The van der Waals surface area contributed by atoms with Crippen LogP contribution in [-0.4, -0.2) is 35.6 Å². The van der Waals surface area contributed by atoms with Crippen LogP contribution >= 0.6 is 0 Å². The van der Waals surface area contributed by atoms with Crippen LogP contribution in [0.2, 0.25) is 0 Å². The van der Waals surface area contributed by atoms with Gasteiger partial charge in [-0.1, -0.05) is 0 Å². The summed E-state index contributed by atoms with van der Waals surface area (Å²) in [7, 11) is 0. The number of hydrogen-bond donors (Lipinski definition) is 1. The third-order valence-corrected chi connectivity index (χ3v) is 1.91. The first-order valence-electron chi connectivity index (χ1n) is 2.93. The van der Waals surface area contributed by atoms with Crippen LogP contribution < -0.4 is 0 Å². The molecule has 46 valence electrons. The molecular formula is C5H9NO2. The van der Waals surface area contributed by atoms with Gasteiger partial charge in [0.1, 0.15) is 0 Å². The van der Waals surface area contributed by atoms with Crippen molar-refractivity contribution in [3.05, 3.63) is 0 Å². The first kappa shape index (κ1) is 4.73. The second kappa shape index (κ2) is 1.43. The summed E-state index contributed by atoms with van der Waals surface area (Å²) in [5.41, 5.74) is 0. The molecule has 2 bridgehead atoms. The maximum Gasteiger partial charge on any atom is 0.0646 e. The molecule has 3 aliphatic rings. The largest absolute Gasteiger partial charge is 0.378 e. The van der Waals surface area contributed by atoms with E-state index < -0.39 is 0 Å². The van der Waals surface area contributed by atoms with Crippen LogP contribution in [0.1, 0.15) is 6.42 Å². The highest BCUT2D eigenvalue weighted by molar-refractivity contribution is 4.90. The molecule has 0 amide bonds. The zero-order valence-electron chi connectivity index (χ0n) is 4.58. The van der Waals surface area contributed by atoms with E-state index >= 15 is 0 Å². The fraction of sp³-hybridized carbons (Fsp3) is 1.00. The molecule has 0 aromatic carbocycles. The molecule has 2 atom stereocenters. The Morgan fingerprint density at radius 2 is 2.00 bits per heavy atom. The summed E-state index contributed by atoms with van der Waals surface area (Å²) in [5.74, 6) is 0. The van der Waals surface area contributed by atoms with Crippen molar-refractivity contribution in [3.8, 4) is 0 Å². The van der Waals surface area contributed by atoms with Crippen molar-refractivity contribution in [1.29, 1.82) is 0 Å². The summed E-state index contributed by atoms with van der Waals surface area (Å²) in [4.78, 5) is 0. The van der Waals surface area contributed by atoms with Crippen LogP contribution in [0, 0.1) is 0 Å². The number of hydroxylamine groups is 2. The van der Waals surface area contributed by atoms with Gasteiger partial charge in [-0.2, -0.15) is 5.06 Å². The Bertz CT molecular complexity index is 92.6. The van der Waals surface area contributed by atoms with Crippen molar-refractivity contribution < 1.29 is 9.94 Å². The predicted molar refractivity (Wildman–Crippen MR) is 26.6 cm³/mol. The molecule has 3 aliphatic heterocycles. The molecule has 3 fully saturated rings. The molecule has 3 heteroatoms. The monoisotopic (exact) mass is 115 g/mol. The van der Waals surface area contributed by atoms with Gasteiger partial charge in [0.15, 0.2) is 0 Å². The van der Waals surface area contributed by atoms with Gasteiger partial charge in [0, 0.05) is 0 Å². The molecular weight excluding hydrogens is 106 g/mol. The first-order chi connectivity index (χ1) is 3.88. The number of fused-ring (bicyclic) bond motifs is 2. The fourth-order valence-corrected chi connectivity index (χ4v) is 1.32. The molecule has 0 spiro atoms. The van der Waals surface area contributed by atoms with Gasteiger partial charge in [-0.05, 0) is 6.42 Å². The van der Waals surface area contributed by atoms with Crippen molar-refractivity contribution >= 4 is 0 Å². The van der Waals surface area contributed by atoms with Crippen LogP contribution in [0.4, 0.5) is 0 Å². The van der Waals surface area contributed by atoms with Gasteiger partial charge in [-0.15, -0.1) is 0 Å². The van der Waals surface area contributed by atoms with Gasteiger partial charge in [0.05, 0.1) is 25.3 Å². The number of morpholine rings is 1. The Hall–Kier alpha value is -0.120. The van der Waals surface area contributed by atoms with Crippen LogP contribution in [0.3, 0.4) is 0 Å². The normalized spacial score (nSPS) is 46.1. The van der Waals surface area contributed by atoms with E-state index in [1.165, 1.54) is 5.06 Å². The van der Waals surface area contributed by atoms with Gasteiger partial charge < -0.3 is 9.94 Å². The van der Waals surface area contributed by atoms with Crippen molar-refractivity contribution in [1.82, 2.24) is 5.06 Å². The molecule has 1 N–H and O–H groups in total. The standard InChI is InChI=1S/C5H9NO2/c7-6-4-1-5(6)3-8-2-4/h4-5,7H,1-3H2. The van der Waals surface area contributed by atoms with E-state index in [2.05, 4.69) is 0 Å². The van der Waals surface area contributed by atoms with E-state index in [9.17, 15) is 0 Å². The Morgan fingerprint density at radius 1 is 1.38 bits per heavy atom. The Kier molecular flexibility index (Phi) is 0.848. The van der Waals surface area contributed by atoms with E-state index in [1.54, 1.807) is 0 Å². The first-order valence-corrected chi connectivity index (χ1v) is 2.93. The minimum absolute atomic E-state index is 0.314. The van der Waals surface area contributed by atoms with E-state index in [0.717, 1.165) is 6.42 Å². The lowest BCUT2D eigenvalue weighted by Crippen LogP contribution is -2.61. The smallest absolute Gasteiger partial charge is 0.0646 e.